The van der Waals surface area contributed by atoms with Gasteiger partial charge in [-0.15, -0.1) is 0 Å². The van der Waals surface area contributed by atoms with Crippen molar-refractivity contribution in [2.24, 2.45) is 15.7 Å². The number of likely N-dealkylation sites (N-methyl/N-ethyl adjacent to an activating group) is 1. The molecule has 0 unspecified atom stereocenters. The number of guanidine groups is 1. The summed E-state index contributed by atoms with van der Waals surface area (Å²) in [6.07, 6.45) is 10.1. The molecule has 1 amide bonds. The number of carbonyl (C=O) groups excluding carboxylic acids is 1. The first kappa shape index (κ1) is 30.9. The topological polar surface area (TPSA) is 102 Å². The lowest BCUT2D eigenvalue weighted by molar-refractivity contribution is -0.122. The molecular weight excluding hydrogens is 524 g/mol. The Balaban J connectivity index is 0.00000337. The molecule has 2 aromatic carbocycles. The largest absolute Gasteiger partial charge is 0.385 e. The van der Waals surface area contributed by atoms with Crippen LogP contribution in [0.3, 0.4) is 0 Å². The number of piperazine rings is 1. The minimum atomic E-state index is 0. The number of benzene rings is 2. The minimum Gasteiger partial charge on any atom is -0.385 e. The zero-order chi connectivity index (χ0) is 29.6. The predicted octanol–water partition coefficient (Wildman–Crippen LogP) is 3.94. The summed E-state index contributed by atoms with van der Waals surface area (Å²) in [6.45, 7) is 11.5. The van der Waals surface area contributed by atoms with Gasteiger partial charge in [0.2, 0.25) is 11.9 Å². The standard InChI is InChI=1S/C33H44N8O.3H2/c1-3-8-28-11-7-13-37-33(34)38-31-22-29(21-30(23-31)35-14-12-27-9-5-4-6-10-27)25-40-17-19-41(20-18-40)26-32(42)36-15-16-39(2)24-28;;;/h3-11,13,21-23,35H,1,12,14-20,24-26H2,2H3,(H2,34,38)(H,36,42);3*1H/b11-7+,28-8-,37-13+;;;. The third-order valence-corrected chi connectivity index (χ3v) is 7.25. The molecule has 3 heterocycles. The maximum absolute atomic E-state index is 12.6. The second kappa shape index (κ2) is 16.4. The van der Waals surface area contributed by atoms with Crippen molar-refractivity contribution >= 4 is 29.5 Å². The van der Waals surface area contributed by atoms with Crippen molar-refractivity contribution in [1.29, 1.82) is 0 Å². The Bertz CT molecular complexity index is 1310. The van der Waals surface area contributed by atoms with Crippen molar-refractivity contribution in [2.75, 3.05) is 71.3 Å². The summed E-state index contributed by atoms with van der Waals surface area (Å²) in [4.78, 5) is 28.4. The van der Waals surface area contributed by atoms with Crippen LogP contribution in [0.15, 0.2) is 95.0 Å². The van der Waals surface area contributed by atoms with Crippen molar-refractivity contribution in [3.8, 4) is 0 Å². The van der Waals surface area contributed by atoms with Gasteiger partial charge < -0.3 is 21.3 Å². The molecule has 9 nitrogen and oxygen atoms in total. The molecule has 0 atom stereocenters. The van der Waals surface area contributed by atoms with Crippen LogP contribution in [0.25, 0.3) is 0 Å². The van der Waals surface area contributed by atoms with Crippen LogP contribution < -0.4 is 16.4 Å². The van der Waals surface area contributed by atoms with Crippen LogP contribution in [-0.4, -0.2) is 98.7 Å². The zero-order valence-electron chi connectivity index (χ0n) is 24.7. The molecule has 3 aliphatic heterocycles. The van der Waals surface area contributed by atoms with Gasteiger partial charge in [-0.3, -0.25) is 14.6 Å². The first-order chi connectivity index (χ1) is 20.5. The number of rotatable bonds is 5. The van der Waals surface area contributed by atoms with Crippen LogP contribution in [0.4, 0.5) is 11.4 Å². The molecule has 0 aromatic heterocycles. The Morgan fingerprint density at radius 1 is 1.05 bits per heavy atom. The smallest absolute Gasteiger partial charge is 0.234 e. The van der Waals surface area contributed by atoms with Crippen LogP contribution >= 0.6 is 0 Å². The lowest BCUT2D eigenvalue weighted by atomic mass is 10.1. The van der Waals surface area contributed by atoms with E-state index in [1.54, 1.807) is 12.3 Å². The molecule has 4 bridgehead atoms. The average molecular weight is 575 g/mol. The molecule has 0 saturated carbocycles. The molecule has 42 heavy (non-hydrogen) atoms. The van der Waals surface area contributed by atoms with Gasteiger partial charge in [-0.1, -0.05) is 55.1 Å². The van der Waals surface area contributed by atoms with Crippen LogP contribution in [0.5, 0.6) is 0 Å². The normalized spacial score (nSPS) is 23.6. The van der Waals surface area contributed by atoms with Crippen molar-refractivity contribution in [1.82, 2.24) is 20.0 Å². The second-order valence-electron chi connectivity index (χ2n) is 10.8. The van der Waals surface area contributed by atoms with Crippen LogP contribution in [0, 0.1) is 0 Å². The van der Waals surface area contributed by atoms with E-state index in [9.17, 15) is 4.79 Å². The Kier molecular flexibility index (Phi) is 12.1. The Morgan fingerprint density at radius 3 is 2.57 bits per heavy atom. The summed E-state index contributed by atoms with van der Waals surface area (Å²) in [7, 11) is 2.03. The third kappa shape index (κ3) is 10.7. The third-order valence-electron chi connectivity index (χ3n) is 7.25. The van der Waals surface area contributed by atoms with Crippen molar-refractivity contribution in [2.45, 2.75) is 13.0 Å². The summed E-state index contributed by atoms with van der Waals surface area (Å²) in [5, 5.41) is 6.64. The molecule has 3 aliphatic rings. The van der Waals surface area contributed by atoms with E-state index in [1.807, 2.05) is 37.4 Å². The molecule has 228 valence electrons. The number of amides is 1. The Hall–Kier alpha value is -4.05. The van der Waals surface area contributed by atoms with E-state index in [2.05, 4.69) is 78.3 Å². The van der Waals surface area contributed by atoms with Gasteiger partial charge in [0.15, 0.2) is 0 Å². The van der Waals surface area contributed by atoms with E-state index in [0.717, 1.165) is 74.7 Å². The number of hydrogen-bond acceptors (Lipinski definition) is 8. The molecule has 5 rings (SSSR count). The molecule has 0 aliphatic carbocycles. The predicted molar refractivity (Wildman–Crippen MR) is 181 cm³/mol. The number of hydrogen-bond donors (Lipinski definition) is 3. The number of nitrogens with zero attached hydrogens (tertiary/aromatic N) is 5. The molecule has 1 fully saturated rings. The maximum atomic E-state index is 12.6. The SMILES string of the molecule is C=C/C=C1/C=C/C=N/C(N)=Nc2cc(cc(NCCc3ccccc3)c2)CN2CCN(CC2)CC(=O)NCCN(C)C1.[HH].[HH].[HH]. The number of carbonyl (C=O) groups is 1. The monoisotopic (exact) mass is 574 g/mol. The van der Waals surface area contributed by atoms with Crippen molar-refractivity contribution in [3.63, 3.8) is 0 Å². The summed E-state index contributed by atoms with van der Waals surface area (Å²) in [5.74, 6) is 0.274. The van der Waals surface area contributed by atoms with E-state index in [4.69, 9.17) is 5.73 Å². The first-order valence-corrected chi connectivity index (χ1v) is 14.6. The van der Waals surface area contributed by atoms with Crippen molar-refractivity contribution in [3.05, 3.63) is 96.1 Å². The van der Waals surface area contributed by atoms with Crippen LogP contribution in [-0.2, 0) is 17.8 Å². The number of allylic oxidation sites excluding steroid dienone is 3. The minimum absolute atomic E-state index is 0. The van der Waals surface area contributed by atoms with Gasteiger partial charge >= 0.3 is 0 Å². The van der Waals surface area contributed by atoms with E-state index < -0.39 is 0 Å². The van der Waals surface area contributed by atoms with Gasteiger partial charge in [0.05, 0.1) is 12.2 Å². The van der Waals surface area contributed by atoms with E-state index in [-0.39, 0.29) is 16.1 Å². The van der Waals surface area contributed by atoms with Gasteiger partial charge in [0.25, 0.3) is 0 Å². The molecule has 9 heteroatoms. The Morgan fingerprint density at radius 2 is 1.81 bits per heavy atom. The van der Waals surface area contributed by atoms with Gasteiger partial charge in [-0.2, -0.15) is 0 Å². The average Bonchev–Trinajstić information content (AvgIpc) is 2.96. The zero-order valence-corrected chi connectivity index (χ0v) is 24.7. The fourth-order valence-corrected chi connectivity index (χ4v) is 5.09. The van der Waals surface area contributed by atoms with E-state index >= 15 is 0 Å². The highest BCUT2D eigenvalue weighted by atomic mass is 16.2. The number of anilines is 1. The molecule has 0 spiro atoms. The molecule has 2 aromatic rings. The fraction of sp³-hybridized carbons (Fsp3) is 0.364. The van der Waals surface area contributed by atoms with Gasteiger partial charge in [0.1, 0.15) is 0 Å². The summed E-state index contributed by atoms with van der Waals surface area (Å²) >= 11 is 0. The fourth-order valence-electron chi connectivity index (χ4n) is 5.09. The molecule has 4 N–H and O–H groups in total. The Labute approximate surface area is 254 Å². The quantitative estimate of drug-likeness (QED) is 0.500. The molecule has 1 saturated heterocycles. The summed E-state index contributed by atoms with van der Waals surface area (Å²) in [6, 6.07) is 16.7. The highest BCUT2D eigenvalue weighted by molar-refractivity contribution is 5.91. The maximum Gasteiger partial charge on any atom is 0.234 e. The number of fused-ring (bicyclic) bond motifs is 12. The summed E-state index contributed by atoms with van der Waals surface area (Å²) in [5.41, 5.74) is 11.5. The highest BCUT2D eigenvalue weighted by Gasteiger charge is 2.19. The number of aliphatic imine (C=N–C) groups is 2. The summed E-state index contributed by atoms with van der Waals surface area (Å²) < 4.78 is 0. The lowest BCUT2D eigenvalue weighted by Crippen LogP contribution is -2.49. The van der Waals surface area contributed by atoms with Crippen molar-refractivity contribution < 1.29 is 9.07 Å². The van der Waals surface area contributed by atoms with Gasteiger partial charge in [-0.05, 0) is 54.4 Å². The van der Waals surface area contributed by atoms with E-state index in [1.165, 1.54) is 5.56 Å². The van der Waals surface area contributed by atoms with E-state index in [0.29, 0.717) is 19.6 Å². The van der Waals surface area contributed by atoms with Gasteiger partial charge in [-0.25, -0.2) is 9.98 Å². The molecule has 0 radical (unpaired) electrons. The first-order valence-electron chi connectivity index (χ1n) is 14.6. The van der Waals surface area contributed by atoms with Crippen LogP contribution in [0.1, 0.15) is 15.4 Å². The van der Waals surface area contributed by atoms with Gasteiger partial charge in [0, 0.05) is 75.1 Å². The highest BCUT2D eigenvalue weighted by Crippen LogP contribution is 2.23. The number of nitrogens with one attached hydrogen (secondary N) is 2. The van der Waals surface area contributed by atoms with Crippen LogP contribution in [0.2, 0.25) is 0 Å². The lowest BCUT2D eigenvalue weighted by Gasteiger charge is -2.34. The number of nitrogens with two attached hydrogens (primary N) is 1. The second-order valence-corrected chi connectivity index (χ2v) is 10.8. The molecular formula is C33H50N8O.